The molecule has 3 aromatic rings. The third kappa shape index (κ3) is 4.48. The summed E-state index contributed by atoms with van der Waals surface area (Å²) in [5.74, 6) is 1.12. The van der Waals surface area contributed by atoms with Crippen molar-refractivity contribution in [2.45, 2.75) is 33.2 Å². The van der Waals surface area contributed by atoms with Crippen LogP contribution in [0.4, 0.5) is 10.2 Å². The first-order valence-corrected chi connectivity index (χ1v) is 10.1. The summed E-state index contributed by atoms with van der Waals surface area (Å²) in [7, 11) is 0. The number of piperidine rings is 1. The molecule has 1 N–H and O–H groups in total. The highest BCUT2D eigenvalue weighted by atomic mass is 19.1. The van der Waals surface area contributed by atoms with Gasteiger partial charge in [-0.15, -0.1) is 0 Å². The summed E-state index contributed by atoms with van der Waals surface area (Å²) in [5.41, 5.74) is 2.82. The van der Waals surface area contributed by atoms with Gasteiger partial charge in [0.25, 0.3) is 0 Å². The number of halogens is 1. The van der Waals surface area contributed by atoms with E-state index in [0.29, 0.717) is 18.9 Å². The second-order valence-corrected chi connectivity index (χ2v) is 7.70. The van der Waals surface area contributed by atoms with Crippen LogP contribution in [0.15, 0.2) is 42.7 Å². The number of carbonyl (C=O) groups excluding carboxylic acids is 1. The quantitative estimate of drug-likeness (QED) is 0.703. The minimum Gasteiger partial charge on any atom is -0.356 e. The SMILES string of the molecule is Cc1cc(C)n(-c2cc(N3CCCC(C(=O)NCc4ccc(F)cc4)C3)ncn2)n1. The van der Waals surface area contributed by atoms with Crippen molar-refractivity contribution in [2.24, 2.45) is 5.92 Å². The molecule has 1 saturated heterocycles. The van der Waals surface area contributed by atoms with E-state index < -0.39 is 0 Å². The Bertz CT molecular complexity index is 1030. The van der Waals surface area contributed by atoms with E-state index in [1.165, 1.54) is 12.1 Å². The first kappa shape index (κ1) is 20.0. The summed E-state index contributed by atoms with van der Waals surface area (Å²) >= 11 is 0. The molecule has 30 heavy (non-hydrogen) atoms. The average Bonchev–Trinajstić information content (AvgIpc) is 3.11. The monoisotopic (exact) mass is 408 g/mol. The first-order valence-electron chi connectivity index (χ1n) is 10.1. The summed E-state index contributed by atoms with van der Waals surface area (Å²) in [4.78, 5) is 23.6. The third-order valence-corrected chi connectivity index (χ3v) is 5.36. The zero-order chi connectivity index (χ0) is 21.1. The lowest BCUT2D eigenvalue weighted by Gasteiger charge is -2.33. The minimum absolute atomic E-state index is 0.0110. The Hall–Kier alpha value is -3.29. The van der Waals surface area contributed by atoms with Gasteiger partial charge in [-0.2, -0.15) is 5.10 Å². The lowest BCUT2D eigenvalue weighted by atomic mass is 9.97. The van der Waals surface area contributed by atoms with Gasteiger partial charge >= 0.3 is 0 Å². The third-order valence-electron chi connectivity index (χ3n) is 5.36. The molecule has 1 aliphatic heterocycles. The summed E-state index contributed by atoms with van der Waals surface area (Å²) in [5, 5.41) is 7.46. The molecule has 0 radical (unpaired) electrons. The highest BCUT2D eigenvalue weighted by Gasteiger charge is 2.26. The molecule has 1 aromatic carbocycles. The number of rotatable bonds is 5. The number of aromatic nitrogens is 4. The molecule has 1 atom stereocenters. The number of benzene rings is 1. The Balaban J connectivity index is 1.42. The molecule has 0 bridgehead atoms. The van der Waals surface area contributed by atoms with Crippen molar-refractivity contribution in [1.82, 2.24) is 25.1 Å². The van der Waals surface area contributed by atoms with Gasteiger partial charge in [0, 0.05) is 31.4 Å². The van der Waals surface area contributed by atoms with E-state index >= 15 is 0 Å². The number of amides is 1. The lowest BCUT2D eigenvalue weighted by molar-refractivity contribution is -0.125. The number of hydrogen-bond acceptors (Lipinski definition) is 5. The molecule has 1 fully saturated rings. The van der Waals surface area contributed by atoms with E-state index in [9.17, 15) is 9.18 Å². The van der Waals surface area contributed by atoms with Gasteiger partial charge in [0.2, 0.25) is 5.91 Å². The number of anilines is 1. The van der Waals surface area contributed by atoms with Crippen LogP contribution in [-0.4, -0.2) is 38.7 Å². The highest BCUT2D eigenvalue weighted by Crippen LogP contribution is 2.23. The van der Waals surface area contributed by atoms with Gasteiger partial charge in [-0.1, -0.05) is 12.1 Å². The summed E-state index contributed by atoms with van der Waals surface area (Å²) in [6, 6.07) is 10.1. The maximum atomic E-state index is 13.0. The maximum absolute atomic E-state index is 13.0. The van der Waals surface area contributed by atoms with Crippen LogP contribution >= 0.6 is 0 Å². The second-order valence-electron chi connectivity index (χ2n) is 7.70. The summed E-state index contributed by atoms with van der Waals surface area (Å²) < 4.78 is 14.8. The van der Waals surface area contributed by atoms with E-state index in [1.54, 1.807) is 23.1 Å². The van der Waals surface area contributed by atoms with Crippen LogP contribution in [0.3, 0.4) is 0 Å². The van der Waals surface area contributed by atoms with Gasteiger partial charge in [-0.25, -0.2) is 19.0 Å². The minimum atomic E-state index is -0.280. The lowest BCUT2D eigenvalue weighted by Crippen LogP contribution is -2.43. The molecule has 156 valence electrons. The molecule has 0 saturated carbocycles. The van der Waals surface area contributed by atoms with Crippen molar-refractivity contribution < 1.29 is 9.18 Å². The van der Waals surface area contributed by atoms with E-state index in [2.05, 4.69) is 25.3 Å². The van der Waals surface area contributed by atoms with Crippen LogP contribution in [0.25, 0.3) is 5.82 Å². The normalized spacial score (nSPS) is 16.5. The molecular weight excluding hydrogens is 383 g/mol. The smallest absolute Gasteiger partial charge is 0.225 e. The summed E-state index contributed by atoms with van der Waals surface area (Å²) in [6.07, 6.45) is 3.29. The summed E-state index contributed by atoms with van der Waals surface area (Å²) in [6.45, 7) is 5.78. The molecule has 0 spiro atoms. The Morgan fingerprint density at radius 2 is 1.93 bits per heavy atom. The maximum Gasteiger partial charge on any atom is 0.225 e. The zero-order valence-corrected chi connectivity index (χ0v) is 17.2. The van der Waals surface area contributed by atoms with Gasteiger partial charge in [0.15, 0.2) is 5.82 Å². The molecule has 8 heteroatoms. The van der Waals surface area contributed by atoms with Gasteiger partial charge in [-0.05, 0) is 50.5 Å². The van der Waals surface area contributed by atoms with Gasteiger partial charge < -0.3 is 10.2 Å². The van der Waals surface area contributed by atoms with Crippen LogP contribution in [0.1, 0.15) is 29.8 Å². The van der Waals surface area contributed by atoms with E-state index in [4.69, 9.17) is 0 Å². The molecule has 3 heterocycles. The number of carbonyl (C=O) groups is 1. The topological polar surface area (TPSA) is 75.9 Å². The van der Waals surface area contributed by atoms with Crippen molar-refractivity contribution in [3.05, 3.63) is 65.5 Å². The molecule has 4 rings (SSSR count). The largest absolute Gasteiger partial charge is 0.356 e. The first-order chi connectivity index (χ1) is 14.5. The van der Waals surface area contributed by atoms with Crippen molar-refractivity contribution in [3.8, 4) is 5.82 Å². The Labute approximate surface area is 175 Å². The molecule has 1 aliphatic rings. The van der Waals surface area contributed by atoms with Gasteiger partial charge in [0.05, 0.1) is 11.6 Å². The number of aryl methyl sites for hydroxylation is 2. The second kappa shape index (κ2) is 8.61. The standard InChI is InChI=1S/C22H25FN6O/c1-15-10-16(2)29(27-15)21-11-20(25-14-26-21)28-9-3-4-18(13-28)22(30)24-12-17-5-7-19(23)8-6-17/h5-8,10-11,14,18H,3-4,9,12-13H2,1-2H3,(H,24,30). The number of hydrogen-bond donors (Lipinski definition) is 1. The molecule has 2 aromatic heterocycles. The van der Waals surface area contributed by atoms with Gasteiger partial charge in [-0.3, -0.25) is 4.79 Å². The Kier molecular flexibility index (Phi) is 5.74. The molecular formula is C22H25FN6O. The van der Waals surface area contributed by atoms with Gasteiger partial charge in [0.1, 0.15) is 18.0 Å². The van der Waals surface area contributed by atoms with E-state index in [1.807, 2.05) is 26.0 Å². The number of nitrogens with zero attached hydrogens (tertiary/aromatic N) is 5. The van der Waals surface area contributed by atoms with Crippen molar-refractivity contribution in [2.75, 3.05) is 18.0 Å². The van der Waals surface area contributed by atoms with E-state index in [-0.39, 0.29) is 17.6 Å². The fourth-order valence-corrected chi connectivity index (χ4v) is 3.82. The fourth-order valence-electron chi connectivity index (χ4n) is 3.82. The van der Waals surface area contributed by atoms with Crippen LogP contribution < -0.4 is 10.2 Å². The molecule has 7 nitrogen and oxygen atoms in total. The Morgan fingerprint density at radius 3 is 2.67 bits per heavy atom. The van der Waals surface area contributed by atoms with Crippen LogP contribution in [0, 0.1) is 25.6 Å². The molecule has 1 amide bonds. The number of nitrogens with one attached hydrogen (secondary N) is 1. The average molecular weight is 408 g/mol. The van der Waals surface area contributed by atoms with Crippen LogP contribution in [0.5, 0.6) is 0 Å². The Morgan fingerprint density at radius 1 is 1.17 bits per heavy atom. The van der Waals surface area contributed by atoms with Crippen molar-refractivity contribution in [3.63, 3.8) is 0 Å². The van der Waals surface area contributed by atoms with Crippen molar-refractivity contribution in [1.29, 1.82) is 0 Å². The van der Waals surface area contributed by atoms with Crippen molar-refractivity contribution >= 4 is 11.7 Å². The zero-order valence-electron chi connectivity index (χ0n) is 17.2. The van der Waals surface area contributed by atoms with E-state index in [0.717, 1.165) is 42.2 Å². The predicted octanol–water partition coefficient (Wildman–Crippen LogP) is 2.95. The highest BCUT2D eigenvalue weighted by molar-refractivity contribution is 5.79. The van der Waals surface area contributed by atoms with Crippen LogP contribution in [-0.2, 0) is 11.3 Å². The predicted molar refractivity (Wildman–Crippen MR) is 112 cm³/mol. The fraction of sp³-hybridized carbons (Fsp3) is 0.364. The molecule has 1 unspecified atom stereocenters. The molecule has 0 aliphatic carbocycles. The van der Waals surface area contributed by atoms with Crippen LogP contribution in [0.2, 0.25) is 0 Å².